The first-order valence-electron chi connectivity index (χ1n) is 4.93. The summed E-state index contributed by atoms with van der Waals surface area (Å²) in [5, 5.41) is 18.2. The van der Waals surface area contributed by atoms with Gasteiger partial charge in [-0.2, -0.15) is 0 Å². The van der Waals surface area contributed by atoms with E-state index in [2.05, 4.69) is 0 Å². The molecule has 1 aromatic rings. The molecular weight excluding hydrogens is 192 g/mol. The Labute approximate surface area is 89.4 Å². The summed E-state index contributed by atoms with van der Waals surface area (Å²) in [5.74, 6) is -0.790. The molecule has 1 rings (SSSR count). The van der Waals surface area contributed by atoms with Crippen LogP contribution in [-0.2, 0) is 16.8 Å². The van der Waals surface area contributed by atoms with Gasteiger partial charge in [0.15, 0.2) is 0 Å². The van der Waals surface area contributed by atoms with Gasteiger partial charge in [-0.1, -0.05) is 24.3 Å². The minimum absolute atomic E-state index is 0.141. The van der Waals surface area contributed by atoms with E-state index in [1.807, 2.05) is 24.3 Å². The molecule has 0 aromatic heterocycles. The van der Waals surface area contributed by atoms with Gasteiger partial charge in [0.1, 0.15) is 0 Å². The van der Waals surface area contributed by atoms with Gasteiger partial charge in [-0.05, 0) is 31.4 Å². The summed E-state index contributed by atoms with van der Waals surface area (Å²) < 4.78 is 0. The Morgan fingerprint density at radius 2 is 1.80 bits per heavy atom. The van der Waals surface area contributed by atoms with Crippen molar-refractivity contribution in [1.82, 2.24) is 0 Å². The molecule has 0 saturated carbocycles. The first-order chi connectivity index (χ1) is 6.89. The van der Waals surface area contributed by atoms with Gasteiger partial charge in [-0.25, -0.2) is 0 Å². The number of carboxylic acids is 1. The molecule has 82 valence electrons. The molecule has 0 heterocycles. The third-order valence-electron chi connectivity index (χ3n) is 2.29. The van der Waals surface area contributed by atoms with Crippen LogP contribution < -0.4 is 0 Å². The zero-order valence-electron chi connectivity index (χ0n) is 9.03. The molecule has 0 amide bonds. The van der Waals surface area contributed by atoms with E-state index in [-0.39, 0.29) is 6.42 Å². The van der Waals surface area contributed by atoms with Crippen LogP contribution in [0.4, 0.5) is 0 Å². The number of aliphatic carboxylic acids is 1. The van der Waals surface area contributed by atoms with Crippen molar-refractivity contribution in [2.45, 2.75) is 32.3 Å². The molecular formula is C12H16O3. The normalized spacial score (nSPS) is 11.4. The fourth-order valence-electron chi connectivity index (χ4n) is 1.33. The molecule has 0 fully saturated rings. The molecule has 0 aliphatic heterocycles. The second-order valence-corrected chi connectivity index (χ2v) is 4.15. The summed E-state index contributed by atoms with van der Waals surface area (Å²) in [6, 6.07) is 7.38. The van der Waals surface area contributed by atoms with Crippen molar-refractivity contribution >= 4 is 5.97 Å². The van der Waals surface area contributed by atoms with Crippen molar-refractivity contribution in [3.05, 3.63) is 35.4 Å². The molecule has 0 aliphatic carbocycles. The zero-order valence-corrected chi connectivity index (χ0v) is 9.03. The van der Waals surface area contributed by atoms with Crippen LogP contribution in [0.1, 0.15) is 31.4 Å². The van der Waals surface area contributed by atoms with Gasteiger partial charge < -0.3 is 10.2 Å². The highest BCUT2D eigenvalue weighted by Crippen LogP contribution is 2.19. The van der Waals surface area contributed by atoms with E-state index in [9.17, 15) is 9.90 Å². The first-order valence-corrected chi connectivity index (χ1v) is 4.93. The second-order valence-electron chi connectivity index (χ2n) is 4.15. The largest absolute Gasteiger partial charge is 0.481 e. The van der Waals surface area contributed by atoms with E-state index in [1.54, 1.807) is 13.8 Å². The van der Waals surface area contributed by atoms with E-state index in [4.69, 9.17) is 5.11 Å². The minimum Gasteiger partial charge on any atom is -0.481 e. The smallest absolute Gasteiger partial charge is 0.303 e. The molecule has 0 saturated heterocycles. The van der Waals surface area contributed by atoms with Crippen LogP contribution in [0.15, 0.2) is 24.3 Å². The fraction of sp³-hybridized carbons (Fsp3) is 0.417. The zero-order chi connectivity index (χ0) is 11.5. The molecule has 0 radical (unpaired) electrons. The Morgan fingerprint density at radius 1 is 1.27 bits per heavy atom. The lowest BCUT2D eigenvalue weighted by Crippen LogP contribution is -2.15. The maximum Gasteiger partial charge on any atom is 0.303 e. The van der Waals surface area contributed by atoms with Crippen LogP contribution >= 0.6 is 0 Å². The van der Waals surface area contributed by atoms with E-state index in [0.29, 0.717) is 6.42 Å². The third kappa shape index (κ3) is 3.72. The number of benzene rings is 1. The number of rotatable bonds is 4. The molecule has 3 nitrogen and oxygen atoms in total. The molecule has 0 unspecified atom stereocenters. The molecule has 15 heavy (non-hydrogen) atoms. The number of aryl methyl sites for hydroxylation is 1. The van der Waals surface area contributed by atoms with Crippen molar-refractivity contribution in [3.8, 4) is 0 Å². The Kier molecular flexibility index (Phi) is 3.48. The highest BCUT2D eigenvalue weighted by molar-refractivity contribution is 5.67. The van der Waals surface area contributed by atoms with Crippen LogP contribution in [-0.4, -0.2) is 16.2 Å². The SMILES string of the molecule is CC(C)(O)c1ccc(CCC(=O)O)cc1. The highest BCUT2D eigenvalue weighted by Gasteiger charge is 2.14. The van der Waals surface area contributed by atoms with Crippen LogP contribution in [0.2, 0.25) is 0 Å². The molecule has 0 aliphatic rings. The molecule has 2 N–H and O–H groups in total. The summed E-state index contributed by atoms with van der Waals surface area (Å²) in [5.41, 5.74) is 0.970. The lowest BCUT2D eigenvalue weighted by molar-refractivity contribution is -0.136. The summed E-state index contributed by atoms with van der Waals surface area (Å²) >= 11 is 0. The average Bonchev–Trinajstić information content (AvgIpc) is 2.14. The van der Waals surface area contributed by atoms with Crippen molar-refractivity contribution in [2.75, 3.05) is 0 Å². The number of aliphatic hydroxyl groups is 1. The fourth-order valence-corrected chi connectivity index (χ4v) is 1.33. The predicted octanol–water partition coefficient (Wildman–Crippen LogP) is 1.93. The lowest BCUT2D eigenvalue weighted by atomic mass is 9.96. The monoisotopic (exact) mass is 208 g/mol. The number of hydrogen-bond donors (Lipinski definition) is 2. The third-order valence-corrected chi connectivity index (χ3v) is 2.29. The molecule has 0 spiro atoms. The molecule has 0 bridgehead atoms. The van der Waals surface area contributed by atoms with Crippen molar-refractivity contribution in [1.29, 1.82) is 0 Å². The van der Waals surface area contributed by atoms with Crippen LogP contribution in [0.3, 0.4) is 0 Å². The quantitative estimate of drug-likeness (QED) is 0.794. The van der Waals surface area contributed by atoms with Gasteiger partial charge in [0.2, 0.25) is 0 Å². The Balaban J connectivity index is 2.69. The summed E-state index contributed by atoms with van der Waals surface area (Å²) in [4.78, 5) is 10.4. The van der Waals surface area contributed by atoms with E-state index >= 15 is 0 Å². The van der Waals surface area contributed by atoms with Gasteiger partial charge in [0.05, 0.1) is 5.60 Å². The Bertz CT molecular complexity index is 333. The van der Waals surface area contributed by atoms with Crippen molar-refractivity contribution in [3.63, 3.8) is 0 Å². The van der Waals surface area contributed by atoms with Gasteiger partial charge in [0, 0.05) is 6.42 Å². The maximum atomic E-state index is 10.4. The standard InChI is InChI=1S/C12H16O3/c1-12(2,15)10-6-3-9(4-7-10)5-8-11(13)14/h3-4,6-7,15H,5,8H2,1-2H3,(H,13,14). The number of carbonyl (C=O) groups is 1. The van der Waals surface area contributed by atoms with Crippen LogP contribution in [0.25, 0.3) is 0 Å². The van der Waals surface area contributed by atoms with Gasteiger partial charge in [0.25, 0.3) is 0 Å². The van der Waals surface area contributed by atoms with Crippen molar-refractivity contribution in [2.24, 2.45) is 0 Å². The number of hydrogen-bond acceptors (Lipinski definition) is 2. The average molecular weight is 208 g/mol. The summed E-state index contributed by atoms with van der Waals surface area (Å²) in [6.45, 7) is 3.44. The highest BCUT2D eigenvalue weighted by atomic mass is 16.4. The summed E-state index contributed by atoms with van der Waals surface area (Å²) in [7, 11) is 0. The van der Waals surface area contributed by atoms with Crippen molar-refractivity contribution < 1.29 is 15.0 Å². The Hall–Kier alpha value is -1.35. The molecule has 0 atom stereocenters. The van der Waals surface area contributed by atoms with E-state index < -0.39 is 11.6 Å². The first kappa shape index (κ1) is 11.7. The maximum absolute atomic E-state index is 10.4. The van der Waals surface area contributed by atoms with Gasteiger partial charge >= 0.3 is 5.97 Å². The second kappa shape index (κ2) is 4.45. The van der Waals surface area contributed by atoms with Gasteiger partial charge in [-0.3, -0.25) is 4.79 Å². The van der Waals surface area contributed by atoms with Crippen LogP contribution in [0, 0.1) is 0 Å². The van der Waals surface area contributed by atoms with E-state index in [0.717, 1.165) is 11.1 Å². The topological polar surface area (TPSA) is 57.5 Å². The Morgan fingerprint density at radius 3 is 2.20 bits per heavy atom. The number of carboxylic acid groups (broad SMARTS) is 1. The molecule has 3 heteroatoms. The predicted molar refractivity (Wildman–Crippen MR) is 57.6 cm³/mol. The molecule has 1 aromatic carbocycles. The van der Waals surface area contributed by atoms with E-state index in [1.165, 1.54) is 0 Å². The van der Waals surface area contributed by atoms with Gasteiger partial charge in [-0.15, -0.1) is 0 Å². The van der Waals surface area contributed by atoms with Crippen LogP contribution in [0.5, 0.6) is 0 Å². The summed E-state index contributed by atoms with van der Waals surface area (Å²) in [6.07, 6.45) is 0.670. The lowest BCUT2D eigenvalue weighted by Gasteiger charge is -2.17. The minimum atomic E-state index is -0.842.